The third-order valence-corrected chi connectivity index (χ3v) is 10.5. The van der Waals surface area contributed by atoms with Crippen molar-refractivity contribution in [1.29, 1.82) is 0 Å². The van der Waals surface area contributed by atoms with Crippen molar-refractivity contribution >= 4 is 27.5 Å². The predicted molar refractivity (Wildman–Crippen MR) is 171 cm³/mol. The Morgan fingerprint density at radius 3 is 2.57 bits per heavy atom. The van der Waals surface area contributed by atoms with Gasteiger partial charge in [-0.1, -0.05) is 12.1 Å². The molecule has 0 bridgehead atoms. The lowest BCUT2D eigenvalue weighted by Gasteiger charge is -2.40. The van der Waals surface area contributed by atoms with Gasteiger partial charge in [0.15, 0.2) is 5.82 Å². The Balaban J connectivity index is 0.000000321. The number of aromatic nitrogens is 2. The fourth-order valence-electron chi connectivity index (χ4n) is 8.15. The summed E-state index contributed by atoms with van der Waals surface area (Å²) >= 11 is 0. The first kappa shape index (κ1) is 30.8. The van der Waals surface area contributed by atoms with Gasteiger partial charge in [0.25, 0.3) is 0 Å². The molecule has 1 aliphatic carbocycles. The van der Waals surface area contributed by atoms with Crippen molar-refractivity contribution in [3.8, 4) is 23.1 Å². The molecule has 3 aliphatic heterocycles. The lowest BCUT2D eigenvalue weighted by molar-refractivity contribution is 0.203. The number of hydrogen-bond acceptors (Lipinski definition) is 8. The molecule has 8 rings (SSSR count). The molecule has 2 aromatic heterocycles. The molecule has 4 fully saturated rings. The van der Waals surface area contributed by atoms with E-state index in [4.69, 9.17) is 9.15 Å². The van der Waals surface area contributed by atoms with E-state index in [0.29, 0.717) is 60.8 Å². The maximum atomic E-state index is 14.9. The highest BCUT2D eigenvalue weighted by molar-refractivity contribution is 6.00. The lowest BCUT2D eigenvalue weighted by Crippen LogP contribution is -2.40. The normalized spacial score (nSPS) is 24.0. The largest absolute Gasteiger partial charge is 0.508 e. The van der Waals surface area contributed by atoms with E-state index in [2.05, 4.69) is 14.9 Å². The molecule has 3 unspecified atom stereocenters. The topological polar surface area (TPSA) is 91.9 Å². The second kappa shape index (κ2) is 12.1. The number of benzene rings is 2. The average molecular weight is 637 g/mol. The summed E-state index contributed by atoms with van der Waals surface area (Å²) in [6.45, 7) is 4.85. The van der Waals surface area contributed by atoms with E-state index in [9.17, 15) is 23.1 Å². The van der Waals surface area contributed by atoms with Gasteiger partial charge >= 0.3 is 11.6 Å². The van der Waals surface area contributed by atoms with E-state index in [1.54, 1.807) is 19.1 Å². The molecule has 46 heavy (non-hydrogen) atoms. The van der Waals surface area contributed by atoms with Gasteiger partial charge in [0.05, 0.1) is 12.6 Å². The van der Waals surface area contributed by atoms with Crippen molar-refractivity contribution in [3.05, 3.63) is 52.1 Å². The van der Waals surface area contributed by atoms with Gasteiger partial charge in [-0.2, -0.15) is 9.97 Å². The summed E-state index contributed by atoms with van der Waals surface area (Å²) < 4.78 is 52.7. The van der Waals surface area contributed by atoms with Crippen molar-refractivity contribution in [1.82, 2.24) is 14.9 Å². The number of hydrogen-bond donors (Lipinski definition) is 1. The highest BCUT2D eigenvalue weighted by Gasteiger charge is 2.42. The first-order valence-corrected chi connectivity index (χ1v) is 16.2. The van der Waals surface area contributed by atoms with E-state index >= 15 is 0 Å². The Morgan fingerprint density at radius 2 is 1.85 bits per heavy atom. The van der Waals surface area contributed by atoms with Gasteiger partial charge in [-0.15, -0.1) is 0 Å². The first-order chi connectivity index (χ1) is 22.1. The maximum absolute atomic E-state index is 14.9. The zero-order valence-corrected chi connectivity index (χ0v) is 26.2. The van der Waals surface area contributed by atoms with Gasteiger partial charge in [-0.05, 0) is 93.8 Å². The number of phenols is 1. The standard InChI is InChI=1S/C28H27F2N3O4.C7H12FN/c1-15-23-22(26(35)37-24(15)19-13-18(34)12-16-4-3-5-20(30)21(16)19)25(32-27(31-23)36-2)33-10-8-28(9-11-33)7-6-17(29)14-28;8-6-4-7-2-1-3-9(7)5-6/h3-5,12-13,17,34H,6-11,14H2,1-2H3;6-7H,1-5H2. The SMILES string of the molecule is COc1nc(N2CCC3(CCC(F)C3)CC2)c2c(=O)oc(-c3cc(O)cc4cccc(F)c34)c(C)c2n1.FC1CC2CCCN2C1. The van der Waals surface area contributed by atoms with Crippen LogP contribution in [0.15, 0.2) is 39.5 Å². The summed E-state index contributed by atoms with van der Waals surface area (Å²) in [5.41, 5.74) is 0.440. The van der Waals surface area contributed by atoms with Crippen LogP contribution in [0.2, 0.25) is 0 Å². The highest BCUT2D eigenvalue weighted by Crippen LogP contribution is 2.48. The minimum absolute atomic E-state index is 0.0109. The number of aryl methyl sites for hydroxylation is 1. The number of phenolic OH excluding ortho intramolecular Hbond substituents is 1. The van der Waals surface area contributed by atoms with Crippen LogP contribution in [0.5, 0.6) is 11.8 Å². The van der Waals surface area contributed by atoms with Gasteiger partial charge in [0, 0.05) is 42.2 Å². The minimum atomic E-state index is -0.738. The number of fused-ring (bicyclic) bond motifs is 3. The number of nitrogens with zero attached hydrogens (tertiary/aromatic N) is 4. The highest BCUT2D eigenvalue weighted by atomic mass is 19.1. The third-order valence-electron chi connectivity index (χ3n) is 10.5. The minimum Gasteiger partial charge on any atom is -0.508 e. The number of alkyl halides is 2. The molecule has 8 nitrogen and oxygen atoms in total. The number of anilines is 1. The smallest absolute Gasteiger partial charge is 0.349 e. The van der Waals surface area contributed by atoms with Gasteiger partial charge in [-0.25, -0.2) is 18.0 Å². The lowest BCUT2D eigenvalue weighted by atomic mass is 9.77. The summed E-state index contributed by atoms with van der Waals surface area (Å²) in [6, 6.07) is 8.09. The first-order valence-electron chi connectivity index (χ1n) is 16.2. The van der Waals surface area contributed by atoms with E-state index < -0.39 is 23.8 Å². The van der Waals surface area contributed by atoms with Gasteiger partial charge in [-0.3, -0.25) is 4.90 Å². The number of aromatic hydroxyl groups is 1. The zero-order valence-electron chi connectivity index (χ0n) is 26.2. The molecule has 1 N–H and O–H groups in total. The molecule has 3 atom stereocenters. The molecule has 2 aromatic carbocycles. The van der Waals surface area contributed by atoms with E-state index in [0.717, 1.165) is 32.2 Å². The summed E-state index contributed by atoms with van der Waals surface area (Å²) in [5, 5.41) is 11.2. The molecular weight excluding hydrogens is 597 g/mol. The van der Waals surface area contributed by atoms with Crippen LogP contribution in [-0.4, -0.2) is 71.6 Å². The van der Waals surface area contributed by atoms with Crippen molar-refractivity contribution in [2.75, 3.05) is 38.2 Å². The van der Waals surface area contributed by atoms with E-state index in [1.165, 1.54) is 38.2 Å². The fraction of sp³-hybridized carbons (Fsp3) is 0.514. The maximum Gasteiger partial charge on any atom is 0.349 e. The van der Waals surface area contributed by atoms with Crippen LogP contribution in [-0.2, 0) is 0 Å². The summed E-state index contributed by atoms with van der Waals surface area (Å²) in [6.07, 6.45) is 5.80. The fourth-order valence-corrected chi connectivity index (χ4v) is 8.15. The predicted octanol–water partition coefficient (Wildman–Crippen LogP) is 6.87. The van der Waals surface area contributed by atoms with Crippen LogP contribution in [0.4, 0.5) is 19.0 Å². The Hall–Kier alpha value is -3.86. The van der Waals surface area contributed by atoms with Crippen LogP contribution in [0.1, 0.15) is 56.9 Å². The van der Waals surface area contributed by atoms with E-state index in [-0.39, 0.29) is 39.3 Å². The number of methoxy groups -OCH3 is 1. The molecule has 1 saturated carbocycles. The van der Waals surface area contributed by atoms with Crippen LogP contribution in [0, 0.1) is 18.2 Å². The molecular formula is C35H39F3N4O4. The molecule has 4 aromatic rings. The molecule has 1 spiro atoms. The molecule has 5 heterocycles. The van der Waals surface area contributed by atoms with Crippen molar-refractivity contribution in [2.24, 2.45) is 5.41 Å². The van der Waals surface area contributed by atoms with Crippen molar-refractivity contribution in [3.63, 3.8) is 0 Å². The summed E-state index contributed by atoms with van der Waals surface area (Å²) in [7, 11) is 1.45. The molecule has 3 saturated heterocycles. The quantitative estimate of drug-likeness (QED) is 0.261. The molecule has 0 amide bonds. The van der Waals surface area contributed by atoms with Gasteiger partial charge in [0.2, 0.25) is 0 Å². The number of piperidine rings is 1. The Morgan fingerprint density at radius 1 is 1.04 bits per heavy atom. The van der Waals surface area contributed by atoms with Crippen molar-refractivity contribution < 1.29 is 27.4 Å². The monoisotopic (exact) mass is 636 g/mol. The third kappa shape index (κ3) is 5.56. The Bertz CT molecular complexity index is 1830. The molecule has 244 valence electrons. The number of ether oxygens (including phenoxy) is 1. The molecule has 0 radical (unpaired) electrons. The number of halogens is 3. The Kier molecular flexibility index (Phi) is 8.07. The van der Waals surface area contributed by atoms with Gasteiger partial charge in [0.1, 0.15) is 35.1 Å². The molecule has 4 aliphatic rings. The van der Waals surface area contributed by atoms with Crippen LogP contribution in [0.25, 0.3) is 33.0 Å². The summed E-state index contributed by atoms with van der Waals surface area (Å²) in [5.74, 6) is -0.0456. The Labute approximate surface area is 265 Å². The second-order valence-electron chi connectivity index (χ2n) is 13.4. The second-order valence-corrected chi connectivity index (χ2v) is 13.4. The zero-order chi connectivity index (χ0) is 32.2. The van der Waals surface area contributed by atoms with E-state index in [1.807, 2.05) is 4.90 Å². The van der Waals surface area contributed by atoms with Crippen LogP contribution >= 0.6 is 0 Å². The van der Waals surface area contributed by atoms with Gasteiger partial charge < -0.3 is 19.2 Å². The van der Waals surface area contributed by atoms with Crippen molar-refractivity contribution in [2.45, 2.75) is 76.7 Å². The summed E-state index contributed by atoms with van der Waals surface area (Å²) in [4.78, 5) is 26.8. The van der Waals surface area contributed by atoms with Crippen LogP contribution in [0.3, 0.4) is 0 Å². The number of rotatable bonds is 3. The average Bonchev–Trinajstić information content (AvgIpc) is 3.73. The molecule has 11 heteroatoms. The van der Waals surface area contributed by atoms with Crippen LogP contribution < -0.4 is 15.3 Å².